The monoisotopic (exact) mass is 386 g/mol. The lowest BCUT2D eigenvalue weighted by Crippen LogP contribution is -2.24. The second-order valence-corrected chi connectivity index (χ2v) is 5.68. The molecular weight excluding hydrogens is 375 g/mol. The smallest absolute Gasteiger partial charge is 0.252 e. The molecule has 3 nitrogen and oxygen atoms in total. The van der Waals surface area contributed by atoms with Crippen LogP contribution in [0.3, 0.4) is 0 Å². The molecule has 0 spiro atoms. The molecule has 0 bridgehead atoms. The number of aromatic nitrogens is 1. The van der Waals surface area contributed by atoms with Gasteiger partial charge in [0.1, 0.15) is 0 Å². The van der Waals surface area contributed by atoms with Gasteiger partial charge in [-0.25, -0.2) is 0 Å². The summed E-state index contributed by atoms with van der Waals surface area (Å²) in [5.74, 6) is -0.143. The van der Waals surface area contributed by atoms with E-state index in [9.17, 15) is 4.79 Å². The van der Waals surface area contributed by atoms with Crippen molar-refractivity contribution in [1.29, 1.82) is 0 Å². The summed E-state index contributed by atoms with van der Waals surface area (Å²) in [6.07, 6.45) is 0. The molecule has 0 aliphatic heterocycles. The van der Waals surface area contributed by atoms with Crippen molar-refractivity contribution in [3.63, 3.8) is 0 Å². The van der Waals surface area contributed by atoms with Crippen LogP contribution in [0.5, 0.6) is 0 Å². The summed E-state index contributed by atoms with van der Waals surface area (Å²) in [6, 6.07) is 11.0. The Kier molecular flexibility index (Phi) is 4.76. The first-order valence-electron chi connectivity index (χ1n) is 5.72. The van der Waals surface area contributed by atoms with E-state index < -0.39 is 0 Å². The Hall–Kier alpha value is -1.14. The lowest BCUT2D eigenvalue weighted by Gasteiger charge is -2.07. The number of nitrogens with one attached hydrogen (secondary N) is 1. The second kappa shape index (κ2) is 6.34. The zero-order chi connectivity index (χ0) is 13.8. The molecule has 2 aromatic rings. The Balaban J connectivity index is 2.07. The van der Waals surface area contributed by atoms with Crippen molar-refractivity contribution in [2.75, 3.05) is 0 Å². The van der Waals surface area contributed by atoms with Gasteiger partial charge in [0.2, 0.25) is 0 Å². The molecule has 0 radical (unpaired) electrons. The molecule has 0 aliphatic rings. The molecule has 1 aromatic heterocycles. The fraction of sp³-hybridized carbons (Fsp3) is 0.143. The number of benzene rings is 1. The van der Waals surface area contributed by atoms with Crippen molar-refractivity contribution in [2.24, 2.45) is 0 Å². The van der Waals surface area contributed by atoms with Crippen molar-refractivity contribution < 1.29 is 4.79 Å². The molecule has 0 aliphatic carbocycles. The number of carbonyl (C=O) groups is 1. The van der Waals surface area contributed by atoms with E-state index in [4.69, 9.17) is 11.6 Å². The molecule has 1 aromatic carbocycles. The SMILES string of the molecule is Cc1cccc(CNC(=O)c2cc(Cl)ccc2I)n1. The van der Waals surface area contributed by atoms with Gasteiger partial charge >= 0.3 is 0 Å². The van der Waals surface area contributed by atoms with Gasteiger partial charge < -0.3 is 5.32 Å². The Labute approximate surface area is 130 Å². The summed E-state index contributed by atoms with van der Waals surface area (Å²) >= 11 is 8.02. The molecule has 1 N–H and O–H groups in total. The number of hydrogen-bond acceptors (Lipinski definition) is 2. The van der Waals surface area contributed by atoms with Crippen molar-refractivity contribution in [3.8, 4) is 0 Å². The van der Waals surface area contributed by atoms with Crippen LogP contribution in [-0.2, 0) is 6.54 Å². The van der Waals surface area contributed by atoms with E-state index in [2.05, 4.69) is 32.9 Å². The number of rotatable bonds is 3. The van der Waals surface area contributed by atoms with Crippen molar-refractivity contribution in [1.82, 2.24) is 10.3 Å². The molecule has 0 atom stereocenters. The summed E-state index contributed by atoms with van der Waals surface area (Å²) in [5, 5.41) is 3.40. The maximum atomic E-state index is 12.1. The molecule has 2 rings (SSSR count). The molecule has 5 heteroatoms. The molecular formula is C14H12ClIN2O. The topological polar surface area (TPSA) is 42.0 Å². The number of amides is 1. The molecule has 19 heavy (non-hydrogen) atoms. The third-order valence-electron chi connectivity index (χ3n) is 2.55. The highest BCUT2D eigenvalue weighted by Crippen LogP contribution is 2.17. The third-order valence-corrected chi connectivity index (χ3v) is 3.72. The van der Waals surface area contributed by atoms with Crippen molar-refractivity contribution >= 4 is 40.1 Å². The van der Waals surface area contributed by atoms with Crippen molar-refractivity contribution in [2.45, 2.75) is 13.5 Å². The number of carbonyl (C=O) groups excluding carboxylic acids is 1. The van der Waals surface area contributed by atoms with E-state index in [1.54, 1.807) is 12.1 Å². The maximum absolute atomic E-state index is 12.1. The van der Waals surface area contributed by atoms with Crippen LogP contribution in [0.4, 0.5) is 0 Å². The van der Waals surface area contributed by atoms with Crippen molar-refractivity contribution in [3.05, 3.63) is 61.9 Å². The Bertz CT molecular complexity index is 616. The lowest BCUT2D eigenvalue weighted by molar-refractivity contribution is 0.0949. The van der Waals surface area contributed by atoms with Gasteiger partial charge in [-0.05, 0) is 59.8 Å². The van der Waals surface area contributed by atoms with Crippen LogP contribution < -0.4 is 5.32 Å². The van der Waals surface area contributed by atoms with Gasteiger partial charge in [0.05, 0.1) is 17.8 Å². The van der Waals surface area contributed by atoms with Gasteiger partial charge in [-0.2, -0.15) is 0 Å². The van der Waals surface area contributed by atoms with Crippen LogP contribution in [0.1, 0.15) is 21.7 Å². The largest absolute Gasteiger partial charge is 0.346 e. The highest BCUT2D eigenvalue weighted by Gasteiger charge is 2.10. The summed E-state index contributed by atoms with van der Waals surface area (Å²) < 4.78 is 0.872. The van der Waals surface area contributed by atoms with Gasteiger partial charge in [0, 0.05) is 14.3 Å². The zero-order valence-corrected chi connectivity index (χ0v) is 13.2. The summed E-state index contributed by atoms with van der Waals surface area (Å²) in [4.78, 5) is 16.4. The normalized spacial score (nSPS) is 10.3. The standard InChI is InChI=1S/C14H12ClIN2O/c1-9-3-2-4-11(18-9)8-17-14(19)12-7-10(15)5-6-13(12)16/h2-7H,8H2,1H3,(H,17,19). The number of aryl methyl sites for hydroxylation is 1. The minimum absolute atomic E-state index is 0.143. The number of halogens is 2. The van der Waals surface area contributed by atoms with E-state index in [0.717, 1.165) is 15.0 Å². The summed E-state index contributed by atoms with van der Waals surface area (Å²) in [6.45, 7) is 2.33. The zero-order valence-electron chi connectivity index (χ0n) is 10.3. The predicted octanol–water partition coefficient (Wildman–Crippen LogP) is 3.58. The second-order valence-electron chi connectivity index (χ2n) is 4.08. The average molecular weight is 387 g/mol. The number of hydrogen-bond donors (Lipinski definition) is 1. The van der Waals surface area contributed by atoms with Gasteiger partial charge in [-0.1, -0.05) is 17.7 Å². The van der Waals surface area contributed by atoms with E-state index in [-0.39, 0.29) is 5.91 Å². The minimum Gasteiger partial charge on any atom is -0.346 e. The van der Waals surface area contributed by atoms with Crippen LogP contribution >= 0.6 is 34.2 Å². The number of pyridine rings is 1. The molecule has 0 unspecified atom stereocenters. The maximum Gasteiger partial charge on any atom is 0.252 e. The average Bonchev–Trinajstić information content (AvgIpc) is 2.39. The first kappa shape index (κ1) is 14.3. The summed E-state index contributed by atoms with van der Waals surface area (Å²) in [7, 11) is 0. The van der Waals surface area contributed by atoms with Crippen LogP contribution in [0.15, 0.2) is 36.4 Å². The lowest BCUT2D eigenvalue weighted by atomic mass is 10.2. The van der Waals surface area contributed by atoms with Crippen LogP contribution in [0.25, 0.3) is 0 Å². The Morgan fingerprint density at radius 2 is 2.16 bits per heavy atom. The van der Waals surface area contributed by atoms with Crippen LogP contribution in [0.2, 0.25) is 5.02 Å². The number of nitrogens with zero attached hydrogens (tertiary/aromatic N) is 1. The Morgan fingerprint density at radius 3 is 2.89 bits per heavy atom. The Morgan fingerprint density at radius 1 is 1.37 bits per heavy atom. The molecule has 1 amide bonds. The van der Waals surface area contributed by atoms with E-state index >= 15 is 0 Å². The fourth-order valence-electron chi connectivity index (χ4n) is 1.64. The highest BCUT2D eigenvalue weighted by atomic mass is 127. The predicted molar refractivity (Wildman–Crippen MR) is 84.3 cm³/mol. The van der Waals surface area contributed by atoms with Gasteiger partial charge in [0.25, 0.3) is 5.91 Å². The highest BCUT2D eigenvalue weighted by molar-refractivity contribution is 14.1. The molecule has 0 saturated carbocycles. The quantitative estimate of drug-likeness (QED) is 0.819. The van der Waals surface area contributed by atoms with Gasteiger partial charge in [-0.15, -0.1) is 0 Å². The minimum atomic E-state index is -0.143. The van der Waals surface area contributed by atoms with Crippen LogP contribution in [-0.4, -0.2) is 10.9 Å². The first-order valence-corrected chi connectivity index (χ1v) is 7.18. The molecule has 0 fully saturated rings. The fourth-order valence-corrected chi connectivity index (χ4v) is 2.39. The van der Waals surface area contributed by atoms with E-state index in [1.807, 2.05) is 31.2 Å². The summed E-state index contributed by atoms with van der Waals surface area (Å²) in [5.41, 5.74) is 2.36. The first-order chi connectivity index (χ1) is 9.06. The molecule has 0 saturated heterocycles. The van der Waals surface area contributed by atoms with E-state index in [1.165, 1.54) is 0 Å². The third kappa shape index (κ3) is 3.91. The van der Waals surface area contributed by atoms with E-state index in [0.29, 0.717) is 17.1 Å². The molecule has 98 valence electrons. The van der Waals surface area contributed by atoms with Gasteiger partial charge in [-0.3, -0.25) is 9.78 Å². The van der Waals surface area contributed by atoms with Gasteiger partial charge in [0.15, 0.2) is 0 Å². The molecule has 1 heterocycles. The van der Waals surface area contributed by atoms with Crippen LogP contribution in [0, 0.1) is 10.5 Å².